The van der Waals surface area contributed by atoms with E-state index in [-0.39, 0.29) is 25.3 Å². The van der Waals surface area contributed by atoms with Crippen LogP contribution in [0.4, 0.5) is 0 Å². The monoisotopic (exact) mass is 247 g/mol. The van der Waals surface area contributed by atoms with E-state index in [2.05, 4.69) is 4.74 Å². The fourth-order valence-electron chi connectivity index (χ4n) is 1.89. The van der Waals surface area contributed by atoms with Gasteiger partial charge in [-0.15, -0.1) is 0 Å². The van der Waals surface area contributed by atoms with E-state index in [1.807, 2.05) is 11.8 Å². The van der Waals surface area contributed by atoms with Crippen LogP contribution in [-0.4, -0.2) is 72.2 Å². The molecule has 0 spiro atoms. The maximum atomic E-state index is 11.4. The Hall–Kier alpha value is -0.690. The van der Waals surface area contributed by atoms with Gasteiger partial charge in [0.25, 0.3) is 0 Å². The Balaban J connectivity index is 2.62. The molecule has 1 rings (SSSR count). The first-order valence-corrected chi connectivity index (χ1v) is 5.68. The molecule has 1 fully saturated rings. The van der Waals surface area contributed by atoms with Crippen LogP contribution in [0.1, 0.15) is 13.8 Å². The van der Waals surface area contributed by atoms with Crippen molar-refractivity contribution in [1.82, 2.24) is 4.90 Å². The maximum Gasteiger partial charge on any atom is 0.338 e. The molecule has 1 saturated heterocycles. The van der Waals surface area contributed by atoms with Crippen molar-refractivity contribution >= 4 is 5.97 Å². The highest BCUT2D eigenvalue weighted by molar-refractivity contribution is 5.78. The average Bonchev–Trinajstić information content (AvgIpc) is 2.30. The largest absolute Gasteiger partial charge is 0.467 e. The van der Waals surface area contributed by atoms with Crippen LogP contribution in [0.2, 0.25) is 0 Å². The summed E-state index contributed by atoms with van der Waals surface area (Å²) in [7, 11) is 1.25. The van der Waals surface area contributed by atoms with Gasteiger partial charge in [0.15, 0.2) is 5.60 Å². The summed E-state index contributed by atoms with van der Waals surface area (Å²) in [6.07, 6.45) is -0.264. The maximum absolute atomic E-state index is 11.4. The van der Waals surface area contributed by atoms with Crippen molar-refractivity contribution in [3.05, 3.63) is 0 Å². The molecule has 17 heavy (non-hydrogen) atoms. The lowest BCUT2D eigenvalue weighted by Gasteiger charge is -2.40. The van der Waals surface area contributed by atoms with E-state index in [0.29, 0.717) is 13.2 Å². The Morgan fingerprint density at radius 1 is 1.65 bits per heavy atom. The summed E-state index contributed by atoms with van der Waals surface area (Å²) in [6, 6.07) is 0.0916. The summed E-state index contributed by atoms with van der Waals surface area (Å²) in [5.74, 6) is -0.656. The summed E-state index contributed by atoms with van der Waals surface area (Å²) in [4.78, 5) is 13.3. The summed E-state index contributed by atoms with van der Waals surface area (Å²) in [6.45, 7) is 4.44. The number of β-amino-alcohol motifs (C(OH)–C–C–N with tert-alkyl or cyclic N) is 1. The number of rotatable bonds is 4. The molecule has 3 atom stereocenters. The van der Waals surface area contributed by atoms with Crippen LogP contribution >= 0.6 is 0 Å². The molecule has 3 unspecified atom stereocenters. The van der Waals surface area contributed by atoms with E-state index >= 15 is 0 Å². The number of aliphatic hydroxyl groups excluding tert-OH is 1. The lowest BCUT2D eigenvalue weighted by Crippen LogP contribution is -2.56. The Labute approximate surface area is 101 Å². The molecule has 1 aliphatic rings. The first-order chi connectivity index (χ1) is 7.90. The molecular formula is C11H21NO5. The van der Waals surface area contributed by atoms with Crippen molar-refractivity contribution in [2.24, 2.45) is 0 Å². The van der Waals surface area contributed by atoms with Gasteiger partial charge < -0.3 is 19.7 Å². The highest BCUT2D eigenvalue weighted by Gasteiger charge is 2.37. The van der Waals surface area contributed by atoms with Gasteiger partial charge in [0.1, 0.15) is 0 Å². The minimum absolute atomic E-state index is 0.0659. The Kier molecular flexibility index (Phi) is 4.88. The molecule has 0 saturated carbocycles. The predicted molar refractivity (Wildman–Crippen MR) is 60.5 cm³/mol. The highest BCUT2D eigenvalue weighted by atomic mass is 16.5. The van der Waals surface area contributed by atoms with Crippen LogP contribution in [0.3, 0.4) is 0 Å². The number of morpholine rings is 1. The van der Waals surface area contributed by atoms with Gasteiger partial charge in [0, 0.05) is 19.1 Å². The number of esters is 1. The quantitative estimate of drug-likeness (QED) is 0.620. The van der Waals surface area contributed by atoms with E-state index in [0.717, 1.165) is 0 Å². The van der Waals surface area contributed by atoms with Gasteiger partial charge in [-0.1, -0.05) is 0 Å². The predicted octanol–water partition coefficient (Wildman–Crippen LogP) is -1.01. The number of carbonyl (C=O) groups excluding carboxylic acids is 1. The minimum Gasteiger partial charge on any atom is -0.467 e. The minimum atomic E-state index is -1.54. The highest BCUT2D eigenvalue weighted by Crippen LogP contribution is 2.16. The van der Waals surface area contributed by atoms with Crippen molar-refractivity contribution in [2.75, 3.05) is 33.4 Å². The molecule has 0 radical (unpaired) electrons. The average molecular weight is 247 g/mol. The van der Waals surface area contributed by atoms with Crippen LogP contribution in [0.5, 0.6) is 0 Å². The van der Waals surface area contributed by atoms with Crippen molar-refractivity contribution in [3.8, 4) is 0 Å². The lowest BCUT2D eigenvalue weighted by molar-refractivity contribution is -0.166. The molecule has 1 heterocycles. The van der Waals surface area contributed by atoms with Gasteiger partial charge in [-0.3, -0.25) is 4.90 Å². The summed E-state index contributed by atoms with van der Waals surface area (Å²) < 4.78 is 9.93. The van der Waals surface area contributed by atoms with E-state index in [1.165, 1.54) is 14.0 Å². The van der Waals surface area contributed by atoms with Crippen LogP contribution in [0.15, 0.2) is 0 Å². The number of aliphatic hydroxyl groups is 2. The Bertz CT molecular complexity index is 269. The topological polar surface area (TPSA) is 79.2 Å². The smallest absolute Gasteiger partial charge is 0.338 e. The number of nitrogens with zero attached hydrogens (tertiary/aromatic N) is 1. The summed E-state index contributed by atoms with van der Waals surface area (Å²) in [5, 5.41) is 19.0. The molecule has 6 nitrogen and oxygen atoms in total. The number of carbonyl (C=O) groups is 1. The number of hydrogen-bond donors (Lipinski definition) is 2. The van der Waals surface area contributed by atoms with E-state index in [4.69, 9.17) is 9.84 Å². The molecule has 2 N–H and O–H groups in total. The van der Waals surface area contributed by atoms with Crippen molar-refractivity contribution < 1.29 is 24.5 Å². The third kappa shape index (κ3) is 3.64. The molecule has 0 amide bonds. The van der Waals surface area contributed by atoms with Crippen LogP contribution in [-0.2, 0) is 14.3 Å². The molecular weight excluding hydrogens is 226 g/mol. The number of ether oxygens (including phenoxy) is 2. The third-order valence-electron chi connectivity index (χ3n) is 2.97. The summed E-state index contributed by atoms with van der Waals surface area (Å²) >= 11 is 0. The number of hydrogen-bond acceptors (Lipinski definition) is 6. The fourth-order valence-corrected chi connectivity index (χ4v) is 1.89. The molecule has 0 aromatic rings. The van der Waals surface area contributed by atoms with E-state index < -0.39 is 11.6 Å². The molecule has 100 valence electrons. The first kappa shape index (κ1) is 14.4. The second-order valence-electron chi connectivity index (χ2n) is 4.68. The Morgan fingerprint density at radius 3 is 2.82 bits per heavy atom. The second kappa shape index (κ2) is 5.77. The molecule has 0 aromatic carbocycles. The van der Waals surface area contributed by atoms with Crippen molar-refractivity contribution in [2.45, 2.75) is 31.6 Å². The first-order valence-electron chi connectivity index (χ1n) is 5.68. The lowest BCUT2D eigenvalue weighted by atomic mass is 10.0. The molecule has 6 heteroatoms. The fraction of sp³-hybridized carbons (Fsp3) is 0.909. The molecule has 1 aliphatic heterocycles. The normalized spacial score (nSPS) is 29.7. The molecule has 0 aromatic heterocycles. The number of methoxy groups -OCH3 is 1. The van der Waals surface area contributed by atoms with Gasteiger partial charge in [0.05, 0.1) is 26.4 Å². The van der Waals surface area contributed by atoms with Crippen molar-refractivity contribution in [3.63, 3.8) is 0 Å². The van der Waals surface area contributed by atoms with Gasteiger partial charge in [-0.25, -0.2) is 4.79 Å². The second-order valence-corrected chi connectivity index (χ2v) is 4.68. The van der Waals surface area contributed by atoms with Gasteiger partial charge in [-0.05, 0) is 13.8 Å². The molecule has 0 bridgehead atoms. The zero-order valence-electron chi connectivity index (χ0n) is 10.5. The Morgan fingerprint density at radius 2 is 2.29 bits per heavy atom. The van der Waals surface area contributed by atoms with Crippen molar-refractivity contribution in [1.29, 1.82) is 0 Å². The standard InChI is InChI=1S/C11H21NO5/c1-8-6-17-9(5-13)4-12(8)7-11(2,15)10(14)16-3/h8-9,13,15H,4-7H2,1-3H3. The van der Waals surface area contributed by atoms with Crippen LogP contribution in [0, 0.1) is 0 Å². The van der Waals surface area contributed by atoms with Gasteiger partial charge in [0.2, 0.25) is 0 Å². The van der Waals surface area contributed by atoms with Gasteiger partial charge in [-0.2, -0.15) is 0 Å². The van der Waals surface area contributed by atoms with E-state index in [9.17, 15) is 9.90 Å². The van der Waals surface area contributed by atoms with E-state index in [1.54, 1.807) is 0 Å². The summed E-state index contributed by atoms with van der Waals surface area (Å²) in [5.41, 5.74) is -1.54. The van der Waals surface area contributed by atoms with Crippen LogP contribution in [0.25, 0.3) is 0 Å². The van der Waals surface area contributed by atoms with Gasteiger partial charge >= 0.3 is 5.97 Å². The zero-order valence-corrected chi connectivity index (χ0v) is 10.5. The molecule has 0 aliphatic carbocycles. The SMILES string of the molecule is COC(=O)C(C)(O)CN1CC(CO)OCC1C. The van der Waals surface area contributed by atoms with Crippen LogP contribution < -0.4 is 0 Å². The third-order valence-corrected chi connectivity index (χ3v) is 2.97. The zero-order chi connectivity index (χ0) is 13.1.